The van der Waals surface area contributed by atoms with E-state index in [4.69, 9.17) is 11.6 Å². The van der Waals surface area contributed by atoms with Crippen LogP contribution in [0.2, 0.25) is 5.02 Å². The maximum absolute atomic E-state index is 12.8. The van der Waals surface area contributed by atoms with E-state index in [1.165, 1.54) is 22.7 Å². The number of nitrogens with one attached hydrogen (secondary N) is 1. The first-order valence-electron chi connectivity index (χ1n) is 8.91. The highest BCUT2D eigenvalue weighted by atomic mass is 35.5. The molecule has 1 aromatic carbocycles. The summed E-state index contributed by atoms with van der Waals surface area (Å²) in [5, 5.41) is 5.99. The zero-order chi connectivity index (χ0) is 19.7. The summed E-state index contributed by atoms with van der Waals surface area (Å²) in [6, 6.07) is 10.6. The van der Waals surface area contributed by atoms with E-state index in [2.05, 4.69) is 10.3 Å². The Morgan fingerprint density at radius 3 is 2.75 bits per heavy atom. The Morgan fingerprint density at radius 2 is 2.04 bits per heavy atom. The van der Waals surface area contributed by atoms with E-state index < -0.39 is 6.04 Å². The molecule has 1 aliphatic heterocycles. The fraction of sp³-hybridized carbons (Fsp3) is 0.250. The zero-order valence-electron chi connectivity index (χ0n) is 15.1. The second-order valence-corrected chi connectivity index (χ2v) is 9.14. The van der Waals surface area contributed by atoms with Gasteiger partial charge in [-0.25, -0.2) is 4.98 Å². The van der Waals surface area contributed by atoms with Crippen LogP contribution in [0.25, 0.3) is 11.3 Å². The van der Waals surface area contributed by atoms with E-state index in [0.717, 1.165) is 22.6 Å². The van der Waals surface area contributed by atoms with Crippen molar-refractivity contribution in [3.8, 4) is 11.3 Å². The molecule has 1 N–H and O–H groups in total. The van der Waals surface area contributed by atoms with Crippen molar-refractivity contribution < 1.29 is 9.59 Å². The molecule has 0 saturated carbocycles. The van der Waals surface area contributed by atoms with Gasteiger partial charge < -0.3 is 10.2 Å². The average Bonchev–Trinajstić information content (AvgIpc) is 3.43. The van der Waals surface area contributed by atoms with Gasteiger partial charge in [0.25, 0.3) is 5.91 Å². The number of aromatic nitrogens is 1. The van der Waals surface area contributed by atoms with Crippen LogP contribution in [-0.2, 0) is 4.79 Å². The molecular formula is C20H18ClN3O2S2. The third-order valence-electron chi connectivity index (χ3n) is 4.69. The van der Waals surface area contributed by atoms with Crippen molar-refractivity contribution in [2.45, 2.75) is 25.8 Å². The van der Waals surface area contributed by atoms with Crippen LogP contribution in [-0.4, -0.2) is 34.3 Å². The van der Waals surface area contributed by atoms with Gasteiger partial charge in [-0.05, 0) is 43.3 Å². The first-order chi connectivity index (χ1) is 13.5. The molecule has 0 bridgehead atoms. The predicted molar refractivity (Wildman–Crippen MR) is 114 cm³/mol. The van der Waals surface area contributed by atoms with Crippen molar-refractivity contribution >= 4 is 51.2 Å². The number of carbonyl (C=O) groups excluding carboxylic acids is 2. The van der Waals surface area contributed by atoms with E-state index in [-0.39, 0.29) is 11.8 Å². The van der Waals surface area contributed by atoms with Crippen LogP contribution in [0.5, 0.6) is 0 Å². The lowest BCUT2D eigenvalue weighted by atomic mass is 10.1. The van der Waals surface area contributed by atoms with Gasteiger partial charge in [0.15, 0.2) is 5.13 Å². The lowest BCUT2D eigenvalue weighted by Crippen LogP contribution is -2.42. The number of rotatable bonds is 4. The second kappa shape index (κ2) is 8.03. The second-order valence-electron chi connectivity index (χ2n) is 6.55. The lowest BCUT2D eigenvalue weighted by molar-refractivity contribution is -0.119. The monoisotopic (exact) mass is 431 g/mol. The third-order valence-corrected chi connectivity index (χ3v) is 6.69. The lowest BCUT2D eigenvalue weighted by Gasteiger charge is -2.22. The molecular weight excluding hydrogens is 414 g/mol. The van der Waals surface area contributed by atoms with Crippen LogP contribution < -0.4 is 5.32 Å². The SMILES string of the molecule is Cc1sc(NC(=O)C2CCCN2C(=O)c2cccs2)nc1-c1ccc(Cl)cc1. The number of hydrogen-bond acceptors (Lipinski definition) is 5. The fourth-order valence-electron chi connectivity index (χ4n) is 3.34. The molecule has 1 aliphatic rings. The van der Waals surface area contributed by atoms with Gasteiger partial charge in [-0.2, -0.15) is 0 Å². The topological polar surface area (TPSA) is 62.3 Å². The Labute approximate surface area is 176 Å². The predicted octanol–water partition coefficient (Wildman–Crippen LogP) is 5.08. The summed E-state index contributed by atoms with van der Waals surface area (Å²) in [6.45, 7) is 2.57. The summed E-state index contributed by atoms with van der Waals surface area (Å²) in [4.78, 5) is 33.5. The van der Waals surface area contributed by atoms with Crippen LogP contribution in [0, 0.1) is 6.92 Å². The maximum atomic E-state index is 12.8. The number of halogens is 1. The number of benzene rings is 1. The number of thiazole rings is 1. The molecule has 0 aliphatic carbocycles. The summed E-state index contributed by atoms with van der Waals surface area (Å²) in [6.07, 6.45) is 1.49. The molecule has 144 valence electrons. The molecule has 0 spiro atoms. The van der Waals surface area contributed by atoms with Crippen LogP contribution >= 0.6 is 34.3 Å². The number of thiophene rings is 1. The highest BCUT2D eigenvalue weighted by Crippen LogP contribution is 2.32. The molecule has 3 aromatic rings. The number of likely N-dealkylation sites (tertiary alicyclic amines) is 1. The summed E-state index contributed by atoms with van der Waals surface area (Å²) in [5.41, 5.74) is 1.78. The number of anilines is 1. The Bertz CT molecular complexity index is 999. The highest BCUT2D eigenvalue weighted by Gasteiger charge is 2.35. The van der Waals surface area contributed by atoms with Gasteiger partial charge in [-0.3, -0.25) is 9.59 Å². The first kappa shape index (κ1) is 19.1. The summed E-state index contributed by atoms with van der Waals surface area (Å²) < 4.78 is 0. The third kappa shape index (κ3) is 3.83. The zero-order valence-corrected chi connectivity index (χ0v) is 17.5. The van der Waals surface area contributed by atoms with Gasteiger partial charge in [0, 0.05) is 22.0 Å². The van der Waals surface area contributed by atoms with Gasteiger partial charge in [0.1, 0.15) is 6.04 Å². The van der Waals surface area contributed by atoms with Gasteiger partial charge in [-0.15, -0.1) is 22.7 Å². The number of nitrogens with zero attached hydrogens (tertiary/aromatic N) is 2. The smallest absolute Gasteiger partial charge is 0.264 e. The van der Waals surface area contributed by atoms with Crippen molar-refractivity contribution in [1.29, 1.82) is 0 Å². The largest absolute Gasteiger partial charge is 0.326 e. The molecule has 8 heteroatoms. The minimum absolute atomic E-state index is 0.0789. The molecule has 1 fully saturated rings. The molecule has 1 saturated heterocycles. The van der Waals surface area contributed by atoms with Crippen LogP contribution in [0.4, 0.5) is 5.13 Å². The molecule has 1 atom stereocenters. The van der Waals surface area contributed by atoms with Crippen LogP contribution in [0.3, 0.4) is 0 Å². The standard InChI is InChI=1S/C20H18ClN3O2S2/c1-12-17(13-6-8-14(21)9-7-13)22-20(28-12)23-18(25)15-4-2-10-24(15)19(26)16-5-3-11-27-16/h3,5-9,11,15H,2,4,10H2,1H3,(H,22,23,25). The van der Waals surface area contributed by atoms with Crippen molar-refractivity contribution in [1.82, 2.24) is 9.88 Å². The Hall–Kier alpha value is -2.22. The normalized spacial score (nSPS) is 16.4. The molecule has 2 aromatic heterocycles. The number of aryl methyl sites for hydroxylation is 1. The van der Waals surface area contributed by atoms with E-state index in [0.29, 0.717) is 28.0 Å². The van der Waals surface area contributed by atoms with E-state index >= 15 is 0 Å². The average molecular weight is 432 g/mol. The van der Waals surface area contributed by atoms with Crippen molar-refractivity contribution in [3.63, 3.8) is 0 Å². The quantitative estimate of drug-likeness (QED) is 0.626. The maximum Gasteiger partial charge on any atom is 0.264 e. The molecule has 3 heterocycles. The number of amides is 2. The van der Waals surface area contributed by atoms with E-state index in [1.807, 2.05) is 42.6 Å². The fourth-order valence-corrected chi connectivity index (χ4v) is 4.98. The number of hydrogen-bond donors (Lipinski definition) is 1. The van der Waals surface area contributed by atoms with Gasteiger partial charge in [-0.1, -0.05) is 29.8 Å². The van der Waals surface area contributed by atoms with Crippen molar-refractivity contribution in [2.24, 2.45) is 0 Å². The van der Waals surface area contributed by atoms with Crippen LogP contribution in [0.15, 0.2) is 41.8 Å². The Balaban J connectivity index is 1.50. The van der Waals surface area contributed by atoms with E-state index in [1.54, 1.807) is 11.0 Å². The molecule has 4 rings (SSSR count). The summed E-state index contributed by atoms with van der Waals surface area (Å²) in [7, 11) is 0. The number of carbonyl (C=O) groups is 2. The Kier molecular flexibility index (Phi) is 5.48. The first-order valence-corrected chi connectivity index (χ1v) is 11.0. The minimum atomic E-state index is -0.460. The molecule has 5 nitrogen and oxygen atoms in total. The van der Waals surface area contributed by atoms with Gasteiger partial charge in [0.2, 0.25) is 5.91 Å². The highest BCUT2D eigenvalue weighted by molar-refractivity contribution is 7.16. The minimum Gasteiger partial charge on any atom is -0.326 e. The van der Waals surface area contributed by atoms with Crippen molar-refractivity contribution in [2.75, 3.05) is 11.9 Å². The van der Waals surface area contributed by atoms with E-state index in [9.17, 15) is 9.59 Å². The summed E-state index contributed by atoms with van der Waals surface area (Å²) >= 11 is 8.78. The van der Waals surface area contributed by atoms with Gasteiger partial charge in [0.05, 0.1) is 10.6 Å². The Morgan fingerprint density at radius 1 is 1.25 bits per heavy atom. The van der Waals surface area contributed by atoms with Crippen molar-refractivity contribution in [3.05, 3.63) is 56.6 Å². The summed E-state index contributed by atoms with van der Waals surface area (Å²) in [5.74, 6) is -0.261. The van der Waals surface area contributed by atoms with Crippen LogP contribution in [0.1, 0.15) is 27.4 Å². The molecule has 28 heavy (non-hydrogen) atoms. The molecule has 2 amide bonds. The molecule has 0 radical (unpaired) electrons. The molecule has 1 unspecified atom stereocenters. The van der Waals surface area contributed by atoms with Gasteiger partial charge >= 0.3 is 0 Å².